The van der Waals surface area contributed by atoms with Crippen LogP contribution in [0.1, 0.15) is 24.1 Å². The van der Waals surface area contributed by atoms with Crippen LogP contribution in [0.25, 0.3) is 0 Å². The minimum Gasteiger partial charge on any atom is -0.494 e. The Balaban J connectivity index is 1.87. The van der Waals surface area contributed by atoms with Gasteiger partial charge in [-0.05, 0) is 27.1 Å². The van der Waals surface area contributed by atoms with Crippen molar-refractivity contribution in [1.82, 2.24) is 25.3 Å². The van der Waals surface area contributed by atoms with Gasteiger partial charge in [0.15, 0.2) is 0 Å². The predicted octanol–water partition coefficient (Wildman–Crippen LogP) is 1.92. The second-order valence-corrected chi connectivity index (χ2v) is 6.03. The Morgan fingerprint density at radius 1 is 1.32 bits per heavy atom. The number of amides is 2. The number of rotatable bonds is 8. The molecule has 1 atom stereocenters. The number of aryl methyl sites for hydroxylation is 1. The molecule has 1 heterocycles. The van der Waals surface area contributed by atoms with Crippen LogP contribution < -0.4 is 15.4 Å². The van der Waals surface area contributed by atoms with Gasteiger partial charge >= 0.3 is 6.03 Å². The number of aromatic nitrogens is 2. The SMILES string of the molecule is CCOc1ccccc1CNC(=O)NC[C@H](c1cnn(C)c1)N(C)C. The van der Waals surface area contributed by atoms with Gasteiger partial charge in [-0.25, -0.2) is 4.79 Å². The molecule has 2 amide bonds. The molecule has 25 heavy (non-hydrogen) atoms. The molecule has 0 aliphatic heterocycles. The number of urea groups is 1. The van der Waals surface area contributed by atoms with Gasteiger partial charge in [0.25, 0.3) is 0 Å². The van der Waals surface area contributed by atoms with Crippen LogP contribution in [0.2, 0.25) is 0 Å². The van der Waals surface area contributed by atoms with E-state index in [1.807, 2.05) is 64.7 Å². The molecule has 0 aliphatic rings. The molecule has 0 fully saturated rings. The number of carbonyl (C=O) groups is 1. The second kappa shape index (κ2) is 9.08. The van der Waals surface area contributed by atoms with E-state index in [0.717, 1.165) is 16.9 Å². The highest BCUT2D eigenvalue weighted by molar-refractivity contribution is 5.74. The maximum Gasteiger partial charge on any atom is 0.315 e. The van der Waals surface area contributed by atoms with Gasteiger partial charge in [-0.15, -0.1) is 0 Å². The average Bonchev–Trinajstić information content (AvgIpc) is 3.00. The van der Waals surface area contributed by atoms with Crippen molar-refractivity contribution < 1.29 is 9.53 Å². The lowest BCUT2D eigenvalue weighted by atomic mass is 10.1. The summed E-state index contributed by atoms with van der Waals surface area (Å²) >= 11 is 0. The fourth-order valence-corrected chi connectivity index (χ4v) is 2.58. The smallest absolute Gasteiger partial charge is 0.315 e. The van der Waals surface area contributed by atoms with E-state index < -0.39 is 0 Å². The van der Waals surface area contributed by atoms with Crippen LogP contribution in [0.3, 0.4) is 0 Å². The van der Waals surface area contributed by atoms with Gasteiger partial charge in [0, 0.05) is 37.5 Å². The summed E-state index contributed by atoms with van der Waals surface area (Å²) in [5.74, 6) is 0.798. The summed E-state index contributed by atoms with van der Waals surface area (Å²) in [7, 11) is 5.84. The predicted molar refractivity (Wildman–Crippen MR) is 97.5 cm³/mol. The molecule has 0 unspecified atom stereocenters. The molecule has 2 rings (SSSR count). The quantitative estimate of drug-likeness (QED) is 0.767. The highest BCUT2D eigenvalue weighted by atomic mass is 16.5. The Bertz CT molecular complexity index is 684. The second-order valence-electron chi connectivity index (χ2n) is 6.03. The molecule has 0 aliphatic carbocycles. The molecule has 7 heteroatoms. The number of likely N-dealkylation sites (N-methyl/N-ethyl adjacent to an activating group) is 1. The highest BCUT2D eigenvalue weighted by Gasteiger charge is 2.17. The van der Waals surface area contributed by atoms with Gasteiger partial charge in [-0.3, -0.25) is 4.68 Å². The third kappa shape index (κ3) is 5.49. The van der Waals surface area contributed by atoms with Crippen molar-refractivity contribution >= 4 is 6.03 Å². The molecule has 0 saturated carbocycles. The molecular formula is C18H27N5O2. The molecular weight excluding hydrogens is 318 g/mol. The number of nitrogens with one attached hydrogen (secondary N) is 2. The van der Waals surface area contributed by atoms with Gasteiger partial charge in [0.05, 0.1) is 18.8 Å². The number of para-hydroxylation sites is 1. The number of carbonyl (C=O) groups excluding carboxylic acids is 1. The van der Waals surface area contributed by atoms with Gasteiger partial charge in [-0.2, -0.15) is 5.10 Å². The molecule has 0 saturated heterocycles. The van der Waals surface area contributed by atoms with Crippen LogP contribution in [0, 0.1) is 0 Å². The maximum absolute atomic E-state index is 12.1. The minimum absolute atomic E-state index is 0.0650. The van der Waals surface area contributed by atoms with E-state index >= 15 is 0 Å². The third-order valence-electron chi connectivity index (χ3n) is 3.90. The summed E-state index contributed by atoms with van der Waals surface area (Å²) in [6.45, 7) is 3.45. The minimum atomic E-state index is -0.206. The largest absolute Gasteiger partial charge is 0.494 e. The van der Waals surface area contributed by atoms with Crippen LogP contribution in [-0.4, -0.2) is 48.0 Å². The summed E-state index contributed by atoms with van der Waals surface area (Å²) in [5, 5.41) is 10.0. The molecule has 7 nitrogen and oxygen atoms in total. The Morgan fingerprint density at radius 2 is 2.08 bits per heavy atom. The zero-order valence-electron chi connectivity index (χ0n) is 15.3. The van der Waals surface area contributed by atoms with E-state index in [1.165, 1.54) is 0 Å². The normalized spacial score (nSPS) is 12.0. The summed E-state index contributed by atoms with van der Waals surface area (Å²) in [5.41, 5.74) is 2.02. The Hall–Kier alpha value is -2.54. The van der Waals surface area contributed by atoms with Crippen molar-refractivity contribution in [2.45, 2.75) is 19.5 Å². The van der Waals surface area contributed by atoms with Crippen molar-refractivity contribution in [2.75, 3.05) is 27.2 Å². The van der Waals surface area contributed by atoms with Gasteiger partial charge in [0.1, 0.15) is 5.75 Å². The Kier molecular flexibility index (Phi) is 6.82. The fraction of sp³-hybridized carbons (Fsp3) is 0.444. The molecule has 0 radical (unpaired) electrons. The van der Waals surface area contributed by atoms with E-state index in [2.05, 4.69) is 20.6 Å². The lowest BCUT2D eigenvalue weighted by molar-refractivity contribution is 0.232. The van der Waals surface area contributed by atoms with Crippen molar-refractivity contribution in [3.05, 3.63) is 47.8 Å². The zero-order chi connectivity index (χ0) is 18.2. The van der Waals surface area contributed by atoms with Crippen molar-refractivity contribution in [3.63, 3.8) is 0 Å². The van der Waals surface area contributed by atoms with E-state index in [-0.39, 0.29) is 12.1 Å². The number of benzene rings is 1. The lowest BCUT2D eigenvalue weighted by Crippen LogP contribution is -2.40. The topological polar surface area (TPSA) is 71.4 Å². The number of hydrogen-bond donors (Lipinski definition) is 2. The monoisotopic (exact) mass is 345 g/mol. The molecule has 136 valence electrons. The maximum atomic E-state index is 12.1. The lowest BCUT2D eigenvalue weighted by Gasteiger charge is -2.23. The first-order valence-corrected chi connectivity index (χ1v) is 8.38. The molecule has 0 bridgehead atoms. The Labute approximate surface area is 149 Å². The Morgan fingerprint density at radius 3 is 2.72 bits per heavy atom. The fourth-order valence-electron chi connectivity index (χ4n) is 2.58. The van der Waals surface area contributed by atoms with E-state index in [0.29, 0.717) is 19.7 Å². The zero-order valence-corrected chi connectivity index (χ0v) is 15.3. The summed E-state index contributed by atoms with van der Waals surface area (Å²) in [4.78, 5) is 14.2. The number of hydrogen-bond acceptors (Lipinski definition) is 4. The van der Waals surface area contributed by atoms with Crippen LogP contribution in [0.5, 0.6) is 5.75 Å². The van der Waals surface area contributed by atoms with Gasteiger partial charge < -0.3 is 20.3 Å². The molecule has 2 aromatic rings. The first kappa shape index (κ1) is 18.8. The van der Waals surface area contributed by atoms with E-state index in [4.69, 9.17) is 4.74 Å². The summed E-state index contributed by atoms with van der Waals surface area (Å²) in [6, 6.07) is 7.57. The standard InChI is InChI=1S/C18H27N5O2/c1-5-25-17-9-7-6-8-14(17)10-19-18(24)20-12-16(22(2)3)15-11-21-23(4)13-15/h6-9,11,13,16H,5,10,12H2,1-4H3,(H2,19,20,24)/t16-/m1/s1. The van der Waals surface area contributed by atoms with Crippen LogP contribution in [0.15, 0.2) is 36.7 Å². The summed E-state index contributed by atoms with van der Waals surface area (Å²) in [6.07, 6.45) is 3.78. The molecule has 1 aromatic heterocycles. The highest BCUT2D eigenvalue weighted by Crippen LogP contribution is 2.18. The molecule has 1 aromatic carbocycles. The van der Waals surface area contributed by atoms with Crippen LogP contribution >= 0.6 is 0 Å². The number of nitrogens with zero attached hydrogens (tertiary/aromatic N) is 3. The first-order valence-electron chi connectivity index (χ1n) is 8.38. The first-order chi connectivity index (χ1) is 12.0. The van der Waals surface area contributed by atoms with Gasteiger partial charge in [0.2, 0.25) is 0 Å². The van der Waals surface area contributed by atoms with Gasteiger partial charge in [-0.1, -0.05) is 18.2 Å². The molecule has 0 spiro atoms. The van der Waals surface area contributed by atoms with E-state index in [1.54, 1.807) is 4.68 Å². The van der Waals surface area contributed by atoms with E-state index in [9.17, 15) is 4.79 Å². The summed E-state index contributed by atoms with van der Waals surface area (Å²) < 4.78 is 7.33. The average molecular weight is 345 g/mol. The van der Waals surface area contributed by atoms with Crippen LogP contribution in [0.4, 0.5) is 4.79 Å². The molecule has 2 N–H and O–H groups in total. The third-order valence-corrected chi connectivity index (χ3v) is 3.90. The van der Waals surface area contributed by atoms with Crippen molar-refractivity contribution in [2.24, 2.45) is 7.05 Å². The van der Waals surface area contributed by atoms with Crippen molar-refractivity contribution in [3.8, 4) is 5.75 Å². The van der Waals surface area contributed by atoms with Crippen LogP contribution in [-0.2, 0) is 13.6 Å². The van der Waals surface area contributed by atoms with Crippen molar-refractivity contribution in [1.29, 1.82) is 0 Å². The number of ether oxygens (including phenoxy) is 1.